The summed E-state index contributed by atoms with van der Waals surface area (Å²) in [5, 5.41) is 10.3. The van der Waals surface area contributed by atoms with Gasteiger partial charge in [-0.3, -0.25) is 15.2 Å². The number of aliphatic imine (C=N–C) groups is 1. The van der Waals surface area contributed by atoms with Gasteiger partial charge in [0.15, 0.2) is 6.29 Å². The molecule has 2 aromatic rings. The first kappa shape index (κ1) is 23.7. The van der Waals surface area contributed by atoms with E-state index >= 15 is 0 Å². The van der Waals surface area contributed by atoms with Crippen molar-refractivity contribution in [2.24, 2.45) is 4.99 Å². The molecule has 1 amide bonds. The van der Waals surface area contributed by atoms with E-state index < -0.39 is 24.1 Å². The second-order valence-corrected chi connectivity index (χ2v) is 9.25. The molecule has 1 aliphatic carbocycles. The third-order valence-corrected chi connectivity index (χ3v) is 6.84. The molecular weight excluding hydrogens is 461 g/mol. The van der Waals surface area contributed by atoms with Gasteiger partial charge in [0, 0.05) is 48.6 Å². The number of rotatable bonds is 5. The molecule has 2 unspecified atom stereocenters. The van der Waals surface area contributed by atoms with Crippen LogP contribution in [0.15, 0.2) is 28.9 Å². The third kappa shape index (κ3) is 4.62. The molecule has 188 valence electrons. The van der Waals surface area contributed by atoms with Crippen LogP contribution in [0.4, 0.5) is 23.7 Å². The van der Waals surface area contributed by atoms with Crippen LogP contribution in [0.5, 0.6) is 0 Å². The van der Waals surface area contributed by atoms with E-state index in [-0.39, 0.29) is 17.7 Å². The number of methoxy groups -OCH3 is 1. The first-order valence-electron chi connectivity index (χ1n) is 11.8. The van der Waals surface area contributed by atoms with Crippen molar-refractivity contribution in [3.8, 4) is 0 Å². The summed E-state index contributed by atoms with van der Waals surface area (Å²) in [6.45, 7) is 1.68. The van der Waals surface area contributed by atoms with E-state index in [2.05, 4.69) is 25.9 Å². The summed E-state index contributed by atoms with van der Waals surface area (Å²) in [5.74, 6) is 0.234. The first-order valence-corrected chi connectivity index (χ1v) is 11.8. The van der Waals surface area contributed by atoms with E-state index in [1.54, 1.807) is 25.4 Å². The summed E-state index contributed by atoms with van der Waals surface area (Å²) >= 11 is 0. The minimum absolute atomic E-state index is 0.0177. The number of allylic oxidation sites excluding steroid dienone is 1. The highest BCUT2D eigenvalue weighted by Gasteiger charge is 2.39. The van der Waals surface area contributed by atoms with Crippen LogP contribution in [0.2, 0.25) is 0 Å². The summed E-state index contributed by atoms with van der Waals surface area (Å²) in [5.41, 5.74) is 1.92. The van der Waals surface area contributed by atoms with Gasteiger partial charge in [-0.2, -0.15) is 13.2 Å². The van der Waals surface area contributed by atoms with Crippen LogP contribution in [0.1, 0.15) is 42.7 Å². The predicted octanol–water partition coefficient (Wildman–Crippen LogP) is 3.82. The highest BCUT2D eigenvalue weighted by atomic mass is 19.4. The molecule has 8 nitrogen and oxygen atoms in total. The number of hydrogen-bond acceptors (Lipinski definition) is 6. The number of amides is 1. The van der Waals surface area contributed by atoms with Crippen molar-refractivity contribution >= 4 is 34.6 Å². The largest absolute Gasteiger partial charge is 0.452 e. The van der Waals surface area contributed by atoms with Gasteiger partial charge in [-0.1, -0.05) is 6.07 Å². The van der Waals surface area contributed by atoms with Crippen molar-refractivity contribution in [3.63, 3.8) is 0 Å². The molecule has 3 aliphatic rings. The van der Waals surface area contributed by atoms with Crippen LogP contribution >= 0.6 is 0 Å². The molecule has 11 heteroatoms. The number of piperidine rings is 1. The number of nitrogens with zero attached hydrogens (tertiary/aromatic N) is 2. The van der Waals surface area contributed by atoms with Gasteiger partial charge < -0.3 is 20.4 Å². The zero-order valence-electron chi connectivity index (χ0n) is 19.6. The predicted molar refractivity (Wildman–Crippen MR) is 128 cm³/mol. The number of alkyl halides is 3. The molecule has 1 saturated carbocycles. The number of carbonyl (C=O) groups is 1. The van der Waals surface area contributed by atoms with Crippen LogP contribution in [0, 0.1) is 0 Å². The number of aromatic amines is 1. The van der Waals surface area contributed by atoms with Crippen LogP contribution < -0.4 is 20.9 Å². The SMILES string of the molecule is COC(=O)N(C)c1ccc2c(C3=C(C(F)(F)F)C=NC(NC4CCCNC4)N3)c[nH]c2c1C1CC1. The summed E-state index contributed by atoms with van der Waals surface area (Å²) in [6.07, 6.45) is 0.618. The first-order chi connectivity index (χ1) is 16.8. The second kappa shape index (κ2) is 9.19. The van der Waals surface area contributed by atoms with Gasteiger partial charge in [0.25, 0.3) is 0 Å². The molecule has 1 aromatic carbocycles. The molecule has 2 atom stereocenters. The normalized spacial score (nSPS) is 22.9. The van der Waals surface area contributed by atoms with Crippen LogP contribution in [0.25, 0.3) is 16.6 Å². The lowest BCUT2D eigenvalue weighted by molar-refractivity contribution is -0.0855. The lowest BCUT2D eigenvalue weighted by atomic mass is 9.99. The molecule has 2 fully saturated rings. The van der Waals surface area contributed by atoms with E-state index in [0.29, 0.717) is 16.6 Å². The molecular formula is C24H29F3N6O2. The molecule has 2 aliphatic heterocycles. The maximum absolute atomic E-state index is 14.0. The van der Waals surface area contributed by atoms with E-state index in [1.807, 2.05) is 0 Å². The van der Waals surface area contributed by atoms with Crippen LogP contribution in [-0.2, 0) is 4.74 Å². The van der Waals surface area contributed by atoms with E-state index in [1.165, 1.54) is 12.0 Å². The van der Waals surface area contributed by atoms with Gasteiger partial charge >= 0.3 is 12.3 Å². The average Bonchev–Trinajstić information content (AvgIpc) is 3.60. The molecule has 0 radical (unpaired) electrons. The lowest BCUT2D eigenvalue weighted by Gasteiger charge is -2.31. The minimum Gasteiger partial charge on any atom is -0.452 e. The molecule has 0 spiro atoms. The van der Waals surface area contributed by atoms with E-state index in [4.69, 9.17) is 4.74 Å². The fourth-order valence-corrected chi connectivity index (χ4v) is 4.94. The van der Waals surface area contributed by atoms with Crippen molar-refractivity contribution in [2.45, 2.75) is 50.1 Å². The number of halogens is 3. The molecule has 3 heterocycles. The summed E-state index contributed by atoms with van der Waals surface area (Å²) < 4.78 is 46.9. The van der Waals surface area contributed by atoms with Gasteiger partial charge in [0.05, 0.1) is 29.6 Å². The van der Waals surface area contributed by atoms with E-state index in [0.717, 1.165) is 56.1 Å². The van der Waals surface area contributed by atoms with Crippen molar-refractivity contribution in [1.29, 1.82) is 0 Å². The number of hydrogen-bond donors (Lipinski definition) is 4. The number of ether oxygens (including phenoxy) is 1. The smallest absolute Gasteiger partial charge is 0.419 e. The average molecular weight is 491 g/mol. The monoisotopic (exact) mass is 490 g/mol. The standard InChI is InChI=1S/C24H29F3N6O2/c1-33(23(34)35-2)18-8-7-15-16(11-29-21(15)19(18)13-5-6-13)20-17(24(25,26)27)12-30-22(32-20)31-14-4-3-9-28-10-14/h7-8,11-14,22,28-29,31-32H,3-6,9-10H2,1-2H3. The number of benzene rings is 1. The molecule has 1 aromatic heterocycles. The van der Waals surface area contributed by atoms with Crippen LogP contribution in [-0.4, -0.2) is 63.0 Å². The summed E-state index contributed by atoms with van der Waals surface area (Å²) in [4.78, 5) is 20.9. The fourth-order valence-electron chi connectivity index (χ4n) is 4.94. The Balaban J connectivity index is 1.55. The molecule has 5 rings (SSSR count). The number of aromatic nitrogens is 1. The van der Waals surface area contributed by atoms with Crippen molar-refractivity contribution < 1.29 is 22.7 Å². The summed E-state index contributed by atoms with van der Waals surface area (Å²) in [6, 6.07) is 3.65. The van der Waals surface area contributed by atoms with Gasteiger partial charge in [0.2, 0.25) is 0 Å². The van der Waals surface area contributed by atoms with Gasteiger partial charge in [0.1, 0.15) is 0 Å². The van der Waals surface area contributed by atoms with Gasteiger partial charge in [-0.25, -0.2) is 4.79 Å². The zero-order valence-corrected chi connectivity index (χ0v) is 19.6. The van der Waals surface area contributed by atoms with Crippen molar-refractivity contribution in [1.82, 2.24) is 20.9 Å². The highest BCUT2D eigenvalue weighted by molar-refractivity contribution is 6.03. The number of fused-ring (bicyclic) bond motifs is 1. The molecule has 4 N–H and O–H groups in total. The van der Waals surface area contributed by atoms with Crippen LogP contribution in [0.3, 0.4) is 0 Å². The minimum atomic E-state index is -4.57. The Morgan fingerprint density at radius 2 is 2.06 bits per heavy atom. The van der Waals surface area contributed by atoms with Crippen molar-refractivity contribution in [2.75, 3.05) is 32.1 Å². The lowest BCUT2D eigenvalue weighted by Crippen LogP contribution is -2.52. The topological polar surface area (TPSA) is 93.8 Å². The Hall–Kier alpha value is -3.05. The third-order valence-electron chi connectivity index (χ3n) is 6.84. The second-order valence-electron chi connectivity index (χ2n) is 9.25. The van der Waals surface area contributed by atoms with Crippen molar-refractivity contribution in [3.05, 3.63) is 35.0 Å². The summed E-state index contributed by atoms with van der Waals surface area (Å²) in [7, 11) is 2.94. The molecule has 0 bridgehead atoms. The fraction of sp³-hybridized carbons (Fsp3) is 0.500. The van der Waals surface area contributed by atoms with Gasteiger partial charge in [-0.15, -0.1) is 0 Å². The van der Waals surface area contributed by atoms with E-state index in [9.17, 15) is 18.0 Å². The Morgan fingerprint density at radius 3 is 2.71 bits per heavy atom. The number of carbonyl (C=O) groups excluding carboxylic acids is 1. The Kier molecular flexibility index (Phi) is 6.22. The Bertz CT molecular complexity index is 1180. The maximum atomic E-state index is 14.0. The van der Waals surface area contributed by atoms with Gasteiger partial charge in [-0.05, 0) is 44.2 Å². The number of H-pyrrole nitrogens is 1. The highest BCUT2D eigenvalue weighted by Crippen LogP contribution is 2.48. The number of nitrogens with one attached hydrogen (secondary N) is 4. The molecule has 35 heavy (non-hydrogen) atoms. The zero-order chi connectivity index (χ0) is 24.7. The maximum Gasteiger partial charge on any atom is 0.419 e. The Labute approximate surface area is 201 Å². The quantitative estimate of drug-likeness (QED) is 0.511. The Morgan fingerprint density at radius 1 is 1.26 bits per heavy atom. The number of anilines is 1. The molecule has 1 saturated heterocycles.